The molecule has 0 saturated carbocycles. The van der Waals surface area contributed by atoms with Crippen molar-refractivity contribution in [2.45, 2.75) is 6.54 Å². The Bertz CT molecular complexity index is 597. The van der Waals surface area contributed by atoms with Gasteiger partial charge >= 0.3 is 0 Å². The highest BCUT2D eigenvalue weighted by Crippen LogP contribution is 2.12. The average Bonchev–Trinajstić information content (AvgIpc) is 2.58. The van der Waals surface area contributed by atoms with Crippen molar-refractivity contribution in [3.8, 4) is 0 Å². The van der Waals surface area contributed by atoms with E-state index in [4.69, 9.17) is 5.73 Å². The molecular formula is C10H10N4O3. The van der Waals surface area contributed by atoms with Crippen molar-refractivity contribution in [1.29, 1.82) is 0 Å². The highest BCUT2D eigenvalue weighted by molar-refractivity contribution is 5.33. The van der Waals surface area contributed by atoms with Crippen LogP contribution in [-0.4, -0.2) is 14.7 Å². The monoisotopic (exact) mass is 234 g/mol. The minimum absolute atomic E-state index is 0.0205. The molecule has 0 spiro atoms. The van der Waals surface area contributed by atoms with Gasteiger partial charge in [0.15, 0.2) is 0 Å². The van der Waals surface area contributed by atoms with Crippen LogP contribution < -0.4 is 11.3 Å². The maximum absolute atomic E-state index is 11.4. The fourth-order valence-corrected chi connectivity index (χ4v) is 1.48. The molecule has 0 aliphatic heterocycles. The van der Waals surface area contributed by atoms with Crippen LogP contribution in [0, 0.1) is 10.1 Å². The van der Waals surface area contributed by atoms with E-state index in [1.807, 2.05) is 0 Å². The first-order valence-electron chi connectivity index (χ1n) is 4.85. The zero-order valence-corrected chi connectivity index (χ0v) is 8.79. The van der Waals surface area contributed by atoms with Gasteiger partial charge in [0.05, 0.1) is 11.5 Å². The summed E-state index contributed by atoms with van der Waals surface area (Å²) in [6, 6.07) is 7.27. The maximum atomic E-state index is 11.4. The molecule has 7 heteroatoms. The summed E-state index contributed by atoms with van der Waals surface area (Å²) in [5.74, 6) is 0.289. The number of rotatable bonds is 3. The van der Waals surface area contributed by atoms with Crippen LogP contribution >= 0.6 is 0 Å². The molecule has 0 radical (unpaired) electrons. The Hall–Kier alpha value is -2.57. The first-order valence-corrected chi connectivity index (χ1v) is 4.85. The summed E-state index contributed by atoms with van der Waals surface area (Å²) in [5.41, 5.74) is 5.99. The van der Waals surface area contributed by atoms with Crippen molar-refractivity contribution in [3.63, 3.8) is 0 Å². The summed E-state index contributed by atoms with van der Waals surface area (Å²) in [7, 11) is 0. The number of non-ortho nitro benzene ring substituents is 1. The van der Waals surface area contributed by atoms with Crippen molar-refractivity contribution in [2.24, 2.45) is 0 Å². The van der Waals surface area contributed by atoms with Gasteiger partial charge in [-0.05, 0) is 5.56 Å². The molecule has 0 aliphatic carbocycles. The number of anilines is 1. The Balaban J connectivity index is 2.22. The van der Waals surface area contributed by atoms with Crippen LogP contribution in [0.1, 0.15) is 5.56 Å². The van der Waals surface area contributed by atoms with E-state index in [0.717, 1.165) is 5.56 Å². The number of benzene rings is 1. The van der Waals surface area contributed by atoms with Crippen molar-refractivity contribution < 1.29 is 4.92 Å². The summed E-state index contributed by atoms with van der Waals surface area (Å²) in [4.78, 5) is 21.3. The smallest absolute Gasteiger partial charge is 0.269 e. The van der Waals surface area contributed by atoms with E-state index in [1.165, 1.54) is 22.9 Å². The average molecular weight is 234 g/mol. The molecule has 88 valence electrons. The van der Waals surface area contributed by atoms with Crippen molar-refractivity contribution in [3.05, 3.63) is 56.4 Å². The van der Waals surface area contributed by atoms with Crippen LogP contribution in [0.5, 0.6) is 0 Å². The van der Waals surface area contributed by atoms with E-state index in [2.05, 4.69) is 5.10 Å². The summed E-state index contributed by atoms with van der Waals surface area (Å²) < 4.78 is 1.33. The number of nitrogens with one attached hydrogen (secondary N) is 1. The van der Waals surface area contributed by atoms with E-state index in [1.54, 1.807) is 12.1 Å². The van der Waals surface area contributed by atoms with Gasteiger partial charge in [0, 0.05) is 18.2 Å². The Morgan fingerprint density at radius 2 is 2.00 bits per heavy atom. The fraction of sp³-hybridized carbons (Fsp3) is 0.100. The van der Waals surface area contributed by atoms with E-state index in [0.29, 0.717) is 6.54 Å². The lowest BCUT2D eigenvalue weighted by Crippen LogP contribution is -2.16. The minimum atomic E-state index is -0.470. The molecule has 7 nitrogen and oxygen atoms in total. The second kappa shape index (κ2) is 4.12. The first kappa shape index (κ1) is 10.9. The number of nitrogens with zero attached hydrogens (tertiary/aromatic N) is 2. The van der Waals surface area contributed by atoms with Gasteiger partial charge in [-0.25, -0.2) is 4.68 Å². The van der Waals surface area contributed by atoms with Gasteiger partial charge in [0.25, 0.3) is 11.2 Å². The SMILES string of the molecule is Nc1cc(=O)n(Cc2ccc([N+](=O)[O-])cc2)[nH]1. The highest BCUT2D eigenvalue weighted by Gasteiger charge is 2.05. The predicted octanol–water partition coefficient (Wildman–Crippen LogP) is 0.715. The molecule has 1 aromatic carbocycles. The zero-order valence-electron chi connectivity index (χ0n) is 8.79. The fourth-order valence-electron chi connectivity index (χ4n) is 1.48. The second-order valence-electron chi connectivity index (χ2n) is 3.56. The molecule has 2 aromatic rings. The molecule has 0 amide bonds. The molecule has 2 rings (SSSR count). The van der Waals surface area contributed by atoms with Crippen LogP contribution in [0.4, 0.5) is 11.5 Å². The largest absolute Gasteiger partial charge is 0.384 e. The summed E-state index contributed by atoms with van der Waals surface area (Å²) in [5, 5.41) is 13.1. The molecule has 17 heavy (non-hydrogen) atoms. The third-order valence-corrected chi connectivity index (χ3v) is 2.30. The highest BCUT2D eigenvalue weighted by atomic mass is 16.6. The Labute approximate surface area is 95.6 Å². The molecule has 0 fully saturated rings. The van der Waals surface area contributed by atoms with Gasteiger partial charge in [0.1, 0.15) is 5.82 Å². The number of nitrogen functional groups attached to an aromatic ring is 1. The Morgan fingerprint density at radius 3 is 2.47 bits per heavy atom. The zero-order chi connectivity index (χ0) is 12.4. The summed E-state index contributed by atoms with van der Waals surface area (Å²) in [6.45, 7) is 0.300. The van der Waals surface area contributed by atoms with E-state index in [9.17, 15) is 14.9 Å². The third-order valence-electron chi connectivity index (χ3n) is 2.30. The number of nitro groups is 1. The molecular weight excluding hydrogens is 224 g/mol. The maximum Gasteiger partial charge on any atom is 0.269 e. The van der Waals surface area contributed by atoms with E-state index in [-0.39, 0.29) is 17.1 Å². The summed E-state index contributed by atoms with van der Waals surface area (Å²) >= 11 is 0. The van der Waals surface area contributed by atoms with Gasteiger partial charge in [-0.1, -0.05) is 12.1 Å². The van der Waals surface area contributed by atoms with Gasteiger partial charge in [-0.3, -0.25) is 20.0 Å². The number of aromatic nitrogens is 2. The number of hydrogen-bond donors (Lipinski definition) is 2. The van der Waals surface area contributed by atoms with Gasteiger partial charge in [-0.15, -0.1) is 0 Å². The molecule has 0 unspecified atom stereocenters. The molecule has 0 saturated heterocycles. The lowest BCUT2D eigenvalue weighted by Gasteiger charge is -2.01. The van der Waals surface area contributed by atoms with Crippen LogP contribution in [0.15, 0.2) is 35.1 Å². The Morgan fingerprint density at radius 1 is 1.35 bits per heavy atom. The number of aromatic amines is 1. The third kappa shape index (κ3) is 2.33. The molecule has 3 N–H and O–H groups in total. The van der Waals surface area contributed by atoms with Gasteiger partial charge < -0.3 is 5.73 Å². The summed E-state index contributed by atoms with van der Waals surface area (Å²) in [6.07, 6.45) is 0. The van der Waals surface area contributed by atoms with Gasteiger partial charge in [0.2, 0.25) is 0 Å². The van der Waals surface area contributed by atoms with Crippen LogP contribution in [0.3, 0.4) is 0 Å². The van der Waals surface area contributed by atoms with Crippen molar-refractivity contribution in [1.82, 2.24) is 9.78 Å². The number of hydrogen-bond acceptors (Lipinski definition) is 4. The lowest BCUT2D eigenvalue weighted by atomic mass is 10.2. The molecule has 0 aliphatic rings. The molecule has 1 heterocycles. The normalized spacial score (nSPS) is 10.4. The van der Waals surface area contributed by atoms with E-state index >= 15 is 0 Å². The van der Waals surface area contributed by atoms with Crippen LogP contribution in [0.25, 0.3) is 0 Å². The predicted molar refractivity (Wildman–Crippen MR) is 61.7 cm³/mol. The standard InChI is InChI=1S/C10H10N4O3/c11-9-5-10(15)13(12-9)6-7-1-3-8(4-2-7)14(16)17/h1-5,12H,6,11H2. The first-order chi connectivity index (χ1) is 8.06. The van der Waals surface area contributed by atoms with Crippen LogP contribution in [-0.2, 0) is 6.54 Å². The van der Waals surface area contributed by atoms with Crippen molar-refractivity contribution in [2.75, 3.05) is 5.73 Å². The number of nitro benzene ring substituents is 1. The Kier molecular flexibility index (Phi) is 2.65. The van der Waals surface area contributed by atoms with Crippen LogP contribution in [0.2, 0.25) is 0 Å². The molecule has 0 bridgehead atoms. The number of H-pyrrole nitrogens is 1. The van der Waals surface area contributed by atoms with Crippen molar-refractivity contribution >= 4 is 11.5 Å². The van der Waals surface area contributed by atoms with Gasteiger partial charge in [-0.2, -0.15) is 0 Å². The lowest BCUT2D eigenvalue weighted by molar-refractivity contribution is -0.384. The minimum Gasteiger partial charge on any atom is -0.384 e. The molecule has 0 atom stereocenters. The number of nitrogens with two attached hydrogens (primary N) is 1. The molecule has 1 aromatic heterocycles. The van der Waals surface area contributed by atoms with E-state index < -0.39 is 4.92 Å². The quantitative estimate of drug-likeness (QED) is 0.602. The second-order valence-corrected chi connectivity index (χ2v) is 3.56. The topological polar surface area (TPSA) is 107 Å².